The number of carbonyl (C=O) groups is 1. The fourth-order valence-corrected chi connectivity index (χ4v) is 1.59. The molecule has 0 aliphatic heterocycles. The third-order valence-electron chi connectivity index (χ3n) is 2.53. The Labute approximate surface area is 81.8 Å². The van der Waals surface area contributed by atoms with Crippen molar-refractivity contribution in [1.29, 1.82) is 0 Å². The fourth-order valence-electron chi connectivity index (χ4n) is 1.59. The van der Waals surface area contributed by atoms with Crippen LogP contribution in [0.25, 0.3) is 0 Å². The Morgan fingerprint density at radius 2 is 2.43 bits per heavy atom. The van der Waals surface area contributed by atoms with Gasteiger partial charge < -0.3 is 10.5 Å². The quantitative estimate of drug-likeness (QED) is 0.675. The van der Waals surface area contributed by atoms with Gasteiger partial charge in [0, 0.05) is 24.7 Å². The number of nitrogens with two attached hydrogens (primary N) is 1. The minimum Gasteiger partial charge on any atom is -0.464 e. The van der Waals surface area contributed by atoms with Crippen molar-refractivity contribution in [2.75, 3.05) is 7.11 Å². The zero-order chi connectivity index (χ0) is 10.3. The standard InChI is InChI=1S/C9H13N3O2/c1-12-8(5-3-6(5)10)4-7(11-12)9(13)14-2/h4-6H,3,10H2,1-2H3. The van der Waals surface area contributed by atoms with Crippen LogP contribution in [-0.4, -0.2) is 28.9 Å². The van der Waals surface area contributed by atoms with E-state index in [4.69, 9.17) is 5.73 Å². The number of aryl methyl sites for hydroxylation is 1. The summed E-state index contributed by atoms with van der Waals surface area (Å²) in [6.45, 7) is 0. The van der Waals surface area contributed by atoms with Crippen LogP contribution in [0.15, 0.2) is 6.07 Å². The summed E-state index contributed by atoms with van der Waals surface area (Å²) in [5, 5.41) is 4.06. The first-order valence-electron chi connectivity index (χ1n) is 4.51. The van der Waals surface area contributed by atoms with Gasteiger partial charge in [-0.15, -0.1) is 0 Å². The third kappa shape index (κ3) is 1.39. The van der Waals surface area contributed by atoms with Crippen molar-refractivity contribution in [1.82, 2.24) is 9.78 Å². The highest BCUT2D eigenvalue weighted by atomic mass is 16.5. The highest BCUT2D eigenvalue weighted by Gasteiger charge is 2.37. The Morgan fingerprint density at radius 3 is 2.93 bits per heavy atom. The second-order valence-electron chi connectivity index (χ2n) is 3.58. The van der Waals surface area contributed by atoms with Crippen molar-refractivity contribution >= 4 is 5.97 Å². The molecule has 1 aliphatic carbocycles. The molecule has 1 aromatic rings. The zero-order valence-electron chi connectivity index (χ0n) is 8.23. The Kier molecular flexibility index (Phi) is 2.03. The number of esters is 1. The number of methoxy groups -OCH3 is 1. The molecule has 0 aromatic carbocycles. The average Bonchev–Trinajstić information content (AvgIpc) is 2.74. The summed E-state index contributed by atoms with van der Waals surface area (Å²) in [6.07, 6.45) is 0.972. The van der Waals surface area contributed by atoms with E-state index >= 15 is 0 Å². The molecular weight excluding hydrogens is 182 g/mol. The maximum Gasteiger partial charge on any atom is 0.358 e. The van der Waals surface area contributed by atoms with Crippen molar-refractivity contribution < 1.29 is 9.53 Å². The SMILES string of the molecule is COC(=O)c1cc(C2CC2N)n(C)n1. The van der Waals surface area contributed by atoms with E-state index in [1.807, 2.05) is 7.05 Å². The smallest absolute Gasteiger partial charge is 0.358 e. The van der Waals surface area contributed by atoms with E-state index in [-0.39, 0.29) is 6.04 Å². The molecule has 1 heterocycles. The number of hydrogen-bond acceptors (Lipinski definition) is 4. The van der Waals surface area contributed by atoms with E-state index in [0.29, 0.717) is 11.6 Å². The van der Waals surface area contributed by atoms with Crippen molar-refractivity contribution in [3.05, 3.63) is 17.5 Å². The zero-order valence-corrected chi connectivity index (χ0v) is 8.23. The Bertz CT molecular complexity index is 372. The molecule has 0 saturated heterocycles. The lowest BCUT2D eigenvalue weighted by Gasteiger charge is -1.96. The Hall–Kier alpha value is -1.36. The molecule has 2 unspecified atom stereocenters. The molecule has 0 radical (unpaired) electrons. The molecule has 0 bridgehead atoms. The molecule has 5 nitrogen and oxygen atoms in total. The Morgan fingerprint density at radius 1 is 1.79 bits per heavy atom. The molecule has 1 aromatic heterocycles. The van der Waals surface area contributed by atoms with Crippen LogP contribution < -0.4 is 5.73 Å². The number of rotatable bonds is 2. The molecule has 1 saturated carbocycles. The number of aromatic nitrogens is 2. The fraction of sp³-hybridized carbons (Fsp3) is 0.556. The van der Waals surface area contributed by atoms with E-state index in [1.54, 1.807) is 10.7 Å². The first kappa shape index (κ1) is 9.21. The van der Waals surface area contributed by atoms with Crippen LogP contribution in [0, 0.1) is 0 Å². The second kappa shape index (κ2) is 3.09. The van der Waals surface area contributed by atoms with Crippen LogP contribution in [0.1, 0.15) is 28.5 Å². The maximum atomic E-state index is 11.2. The summed E-state index contributed by atoms with van der Waals surface area (Å²) >= 11 is 0. The summed E-state index contributed by atoms with van der Waals surface area (Å²) in [4.78, 5) is 11.2. The summed E-state index contributed by atoms with van der Waals surface area (Å²) in [6, 6.07) is 1.97. The molecule has 0 spiro atoms. The predicted molar refractivity (Wildman–Crippen MR) is 49.9 cm³/mol. The van der Waals surface area contributed by atoms with Gasteiger partial charge in [-0.25, -0.2) is 4.79 Å². The number of ether oxygens (including phenoxy) is 1. The van der Waals surface area contributed by atoms with Crippen LogP contribution in [-0.2, 0) is 11.8 Å². The first-order chi connectivity index (χ1) is 6.63. The molecule has 14 heavy (non-hydrogen) atoms. The van der Waals surface area contributed by atoms with Gasteiger partial charge in [0.25, 0.3) is 0 Å². The lowest BCUT2D eigenvalue weighted by molar-refractivity contribution is 0.0593. The largest absolute Gasteiger partial charge is 0.464 e. The normalized spacial score (nSPS) is 24.8. The second-order valence-corrected chi connectivity index (χ2v) is 3.58. The highest BCUT2D eigenvalue weighted by Crippen LogP contribution is 2.38. The van der Waals surface area contributed by atoms with E-state index in [1.165, 1.54) is 7.11 Å². The molecule has 2 N–H and O–H groups in total. The molecular formula is C9H13N3O2. The van der Waals surface area contributed by atoms with E-state index in [9.17, 15) is 4.79 Å². The molecule has 0 amide bonds. The summed E-state index contributed by atoms with van der Waals surface area (Å²) in [7, 11) is 3.16. The number of hydrogen-bond donors (Lipinski definition) is 1. The van der Waals surface area contributed by atoms with Gasteiger partial charge in [-0.2, -0.15) is 5.10 Å². The van der Waals surface area contributed by atoms with E-state index < -0.39 is 5.97 Å². The molecule has 2 atom stereocenters. The summed E-state index contributed by atoms with van der Waals surface area (Å²) < 4.78 is 6.28. The summed E-state index contributed by atoms with van der Waals surface area (Å²) in [5.41, 5.74) is 7.09. The van der Waals surface area contributed by atoms with Gasteiger partial charge in [0.1, 0.15) is 0 Å². The molecule has 76 valence electrons. The van der Waals surface area contributed by atoms with Gasteiger partial charge in [0.15, 0.2) is 5.69 Å². The van der Waals surface area contributed by atoms with Crippen molar-refractivity contribution in [3.8, 4) is 0 Å². The molecule has 1 aliphatic rings. The number of nitrogens with zero attached hydrogens (tertiary/aromatic N) is 2. The number of carbonyl (C=O) groups excluding carboxylic acids is 1. The van der Waals surface area contributed by atoms with Gasteiger partial charge >= 0.3 is 5.97 Å². The summed E-state index contributed by atoms with van der Waals surface area (Å²) in [5.74, 6) is -0.0491. The third-order valence-corrected chi connectivity index (χ3v) is 2.53. The minimum absolute atomic E-state index is 0.218. The van der Waals surface area contributed by atoms with Crippen molar-refractivity contribution in [2.45, 2.75) is 18.4 Å². The monoisotopic (exact) mass is 195 g/mol. The van der Waals surface area contributed by atoms with Crippen LogP contribution in [0.3, 0.4) is 0 Å². The molecule has 5 heteroatoms. The van der Waals surface area contributed by atoms with Crippen LogP contribution in [0.2, 0.25) is 0 Å². The van der Waals surface area contributed by atoms with Crippen molar-refractivity contribution in [3.63, 3.8) is 0 Å². The highest BCUT2D eigenvalue weighted by molar-refractivity contribution is 5.87. The van der Waals surface area contributed by atoms with Crippen LogP contribution >= 0.6 is 0 Å². The van der Waals surface area contributed by atoms with Crippen molar-refractivity contribution in [2.24, 2.45) is 12.8 Å². The van der Waals surface area contributed by atoms with Crippen LogP contribution in [0.5, 0.6) is 0 Å². The van der Waals surface area contributed by atoms with Crippen LogP contribution in [0.4, 0.5) is 0 Å². The van der Waals surface area contributed by atoms with E-state index in [2.05, 4.69) is 9.84 Å². The lowest BCUT2D eigenvalue weighted by atomic mass is 10.2. The first-order valence-corrected chi connectivity index (χ1v) is 4.51. The van der Waals surface area contributed by atoms with Gasteiger partial charge in [0.05, 0.1) is 7.11 Å². The average molecular weight is 195 g/mol. The maximum absolute atomic E-state index is 11.2. The molecule has 2 rings (SSSR count). The Balaban J connectivity index is 2.26. The predicted octanol–water partition coefficient (Wildman–Crippen LogP) is 0.0213. The van der Waals surface area contributed by atoms with Gasteiger partial charge in [-0.05, 0) is 12.5 Å². The lowest BCUT2D eigenvalue weighted by Crippen LogP contribution is -2.05. The van der Waals surface area contributed by atoms with E-state index in [0.717, 1.165) is 12.1 Å². The van der Waals surface area contributed by atoms with Gasteiger partial charge in [-0.3, -0.25) is 4.68 Å². The van der Waals surface area contributed by atoms with Gasteiger partial charge in [-0.1, -0.05) is 0 Å². The van der Waals surface area contributed by atoms with Gasteiger partial charge in [0.2, 0.25) is 0 Å². The molecule has 1 fully saturated rings. The minimum atomic E-state index is -0.402. The topological polar surface area (TPSA) is 70.1 Å².